The minimum atomic E-state index is -1.03. The second-order valence-corrected chi connectivity index (χ2v) is 11.7. The van der Waals surface area contributed by atoms with Crippen molar-refractivity contribution in [2.45, 2.75) is 32.9 Å². The third-order valence-electron chi connectivity index (χ3n) is 8.44. The van der Waals surface area contributed by atoms with E-state index >= 15 is 0 Å². The van der Waals surface area contributed by atoms with Gasteiger partial charge in [0.15, 0.2) is 24.7 Å². The van der Waals surface area contributed by atoms with Gasteiger partial charge in [-0.05, 0) is 61.7 Å². The van der Waals surface area contributed by atoms with Crippen LogP contribution in [0, 0.1) is 13.8 Å². The van der Waals surface area contributed by atoms with Gasteiger partial charge in [0.1, 0.15) is 5.75 Å². The van der Waals surface area contributed by atoms with Gasteiger partial charge < -0.3 is 37.8 Å². The van der Waals surface area contributed by atoms with Crippen LogP contribution in [-0.2, 0) is 22.6 Å². The van der Waals surface area contributed by atoms with Crippen LogP contribution in [0.25, 0.3) is 16.9 Å². The molecule has 252 valence electrons. The molecule has 3 heterocycles. The number of hydrogen-bond donors (Lipinski definition) is 1. The largest absolute Gasteiger partial charge is 0.519 e. The number of esters is 1. The van der Waals surface area contributed by atoms with E-state index < -0.39 is 23.9 Å². The van der Waals surface area contributed by atoms with E-state index in [-0.39, 0.29) is 50.3 Å². The van der Waals surface area contributed by atoms with Gasteiger partial charge in [-0.2, -0.15) is 0 Å². The molecule has 0 radical (unpaired) electrons. The van der Waals surface area contributed by atoms with Gasteiger partial charge in [-0.1, -0.05) is 60.7 Å². The summed E-state index contributed by atoms with van der Waals surface area (Å²) >= 11 is 0. The maximum absolute atomic E-state index is 14.5. The van der Waals surface area contributed by atoms with Crippen LogP contribution >= 0.6 is 0 Å². The lowest BCUT2D eigenvalue weighted by Crippen LogP contribution is -2.57. The summed E-state index contributed by atoms with van der Waals surface area (Å²) in [5, 5.41) is 9.82. The van der Waals surface area contributed by atoms with Crippen molar-refractivity contribution in [2.75, 3.05) is 26.2 Å². The fraction of sp³-hybridized carbons (Fsp3) is 0.243. The molecule has 5 aromatic rings. The van der Waals surface area contributed by atoms with Gasteiger partial charge in [0.25, 0.3) is 5.91 Å². The zero-order valence-corrected chi connectivity index (χ0v) is 27.0. The van der Waals surface area contributed by atoms with Gasteiger partial charge in [0.2, 0.25) is 0 Å². The van der Waals surface area contributed by atoms with E-state index in [4.69, 9.17) is 18.3 Å². The second-order valence-electron chi connectivity index (χ2n) is 11.7. The van der Waals surface area contributed by atoms with Gasteiger partial charge in [0.05, 0.1) is 17.3 Å². The highest BCUT2D eigenvalue weighted by molar-refractivity contribution is 6.01. The third kappa shape index (κ3) is 7.43. The fourth-order valence-corrected chi connectivity index (χ4v) is 6.05. The van der Waals surface area contributed by atoms with E-state index in [0.29, 0.717) is 17.7 Å². The monoisotopic (exact) mass is 665 g/mol. The molecule has 12 heteroatoms. The van der Waals surface area contributed by atoms with Crippen molar-refractivity contribution in [1.29, 1.82) is 0 Å². The highest BCUT2D eigenvalue weighted by Gasteiger charge is 2.35. The van der Waals surface area contributed by atoms with E-state index in [1.807, 2.05) is 85.8 Å². The first-order valence-corrected chi connectivity index (χ1v) is 15.8. The van der Waals surface area contributed by atoms with Crippen molar-refractivity contribution in [1.82, 2.24) is 14.4 Å². The van der Waals surface area contributed by atoms with Crippen LogP contribution in [-0.4, -0.2) is 69.7 Å². The minimum Gasteiger partial charge on any atom is -0.482 e. The summed E-state index contributed by atoms with van der Waals surface area (Å²) in [7, 11) is 0. The number of piperazine rings is 1. The van der Waals surface area contributed by atoms with Gasteiger partial charge >= 0.3 is 17.9 Å². The molecular formula is C37H35N3O9. The smallest absolute Gasteiger partial charge is 0.482 e. The number of aryl methyl sites for hydroxylation is 2. The molecular weight excluding hydrogens is 630 g/mol. The number of ether oxygens (including phenoxy) is 2. The second kappa shape index (κ2) is 14.4. The number of aromatic nitrogens is 1. The van der Waals surface area contributed by atoms with Crippen LogP contribution in [0.3, 0.4) is 0 Å². The van der Waals surface area contributed by atoms with E-state index in [9.17, 15) is 24.3 Å². The number of para-hydroxylation sites is 1. The van der Waals surface area contributed by atoms with Crippen LogP contribution in [0.2, 0.25) is 0 Å². The van der Waals surface area contributed by atoms with E-state index in [2.05, 4.69) is 4.57 Å². The zero-order valence-electron chi connectivity index (χ0n) is 27.0. The Labute approximate surface area is 281 Å². The highest BCUT2D eigenvalue weighted by Crippen LogP contribution is 2.33. The molecule has 6 rings (SSSR count). The van der Waals surface area contributed by atoms with Crippen molar-refractivity contribution in [3.8, 4) is 22.7 Å². The molecule has 3 aromatic carbocycles. The maximum atomic E-state index is 14.5. The molecule has 1 fully saturated rings. The summed E-state index contributed by atoms with van der Waals surface area (Å²) < 4.78 is 22.3. The lowest BCUT2D eigenvalue weighted by Gasteiger charge is -2.40. The lowest BCUT2D eigenvalue weighted by atomic mass is 10.00. The summed E-state index contributed by atoms with van der Waals surface area (Å²) in [6.45, 7) is 3.46. The first-order valence-electron chi connectivity index (χ1n) is 15.8. The zero-order chi connectivity index (χ0) is 34.5. The number of hydrogen-bond acceptors (Lipinski definition) is 8. The predicted octanol–water partition coefficient (Wildman–Crippen LogP) is 5.48. The average Bonchev–Trinajstić information content (AvgIpc) is 3.64. The average molecular weight is 666 g/mol. The summed E-state index contributed by atoms with van der Waals surface area (Å²) in [5.74, 6) is -0.930. The summed E-state index contributed by atoms with van der Waals surface area (Å²) in [6.07, 6.45) is -0.638. The highest BCUT2D eigenvalue weighted by atomic mass is 16.6. The van der Waals surface area contributed by atoms with Crippen LogP contribution in [0.15, 0.2) is 105 Å². The molecule has 1 aliphatic heterocycles. The Bertz CT molecular complexity index is 2000. The molecule has 49 heavy (non-hydrogen) atoms. The standard InChI is InChI=1S/C37H35N3O9/c1-24-19-31(34(27-9-5-3-6-10-27)40(24)28-11-7-4-8-12-28)35(42)39-18-17-38(36(43)44)21-29(39)20-26-13-15-30(16-14-26)46-23-33(41)47-22-32-25(2)48-37(45)49-32/h3-16,19,29H,17-18,20-23H2,1-2H3,(H,43,44)/t29-/m1/s1. The molecule has 0 aliphatic carbocycles. The van der Waals surface area contributed by atoms with Crippen LogP contribution in [0.1, 0.15) is 33.1 Å². The van der Waals surface area contributed by atoms with E-state index in [0.717, 1.165) is 28.2 Å². The van der Waals surface area contributed by atoms with Crippen molar-refractivity contribution in [3.63, 3.8) is 0 Å². The molecule has 2 amide bonds. The van der Waals surface area contributed by atoms with Crippen LogP contribution < -0.4 is 10.6 Å². The SMILES string of the molecule is Cc1oc(=O)oc1COC(=O)COc1ccc(C[C@@H]2CN(C(=O)O)CCN2C(=O)c2cc(C)n(-c3ccccc3)c2-c2ccccc2)cc1. The van der Waals surface area contributed by atoms with Crippen molar-refractivity contribution < 1.29 is 37.8 Å². The Balaban J connectivity index is 1.19. The fourth-order valence-electron chi connectivity index (χ4n) is 6.05. The molecule has 0 saturated carbocycles. The molecule has 1 N–H and O–H groups in total. The van der Waals surface area contributed by atoms with Gasteiger partial charge in [-0.3, -0.25) is 4.79 Å². The normalized spacial score (nSPS) is 14.4. The number of carbonyl (C=O) groups excluding carboxylic acids is 2. The molecule has 1 saturated heterocycles. The molecule has 1 atom stereocenters. The maximum Gasteiger partial charge on any atom is 0.519 e. The quantitative estimate of drug-likeness (QED) is 0.192. The number of nitrogens with zero attached hydrogens (tertiary/aromatic N) is 3. The Morgan fingerprint density at radius 3 is 2.24 bits per heavy atom. The Kier molecular flexibility index (Phi) is 9.65. The number of benzene rings is 3. The predicted molar refractivity (Wildman–Crippen MR) is 178 cm³/mol. The summed E-state index contributed by atoms with van der Waals surface area (Å²) in [5.41, 5.74) is 4.90. The van der Waals surface area contributed by atoms with Crippen LogP contribution in [0.5, 0.6) is 5.75 Å². The Morgan fingerprint density at radius 1 is 0.898 bits per heavy atom. The molecule has 12 nitrogen and oxygen atoms in total. The molecule has 0 bridgehead atoms. The third-order valence-corrected chi connectivity index (χ3v) is 8.44. The molecule has 0 unspecified atom stereocenters. The Morgan fingerprint density at radius 2 is 1.59 bits per heavy atom. The topological polar surface area (TPSA) is 145 Å². The van der Waals surface area contributed by atoms with Crippen molar-refractivity contribution in [2.24, 2.45) is 0 Å². The van der Waals surface area contributed by atoms with E-state index in [1.54, 1.807) is 17.0 Å². The molecule has 2 aromatic heterocycles. The van der Waals surface area contributed by atoms with Crippen LogP contribution in [0.4, 0.5) is 4.79 Å². The Hall–Kier alpha value is -6.04. The van der Waals surface area contributed by atoms with Gasteiger partial charge in [-0.15, -0.1) is 0 Å². The number of rotatable bonds is 10. The van der Waals surface area contributed by atoms with Gasteiger partial charge in [0, 0.05) is 31.0 Å². The number of carboxylic acid groups (broad SMARTS) is 1. The first kappa shape index (κ1) is 32.9. The molecule has 1 aliphatic rings. The first-order chi connectivity index (χ1) is 23.7. The van der Waals surface area contributed by atoms with Crippen molar-refractivity contribution in [3.05, 3.63) is 130 Å². The minimum absolute atomic E-state index is 0.125. The summed E-state index contributed by atoms with van der Waals surface area (Å²) in [6, 6.07) is 28.1. The van der Waals surface area contributed by atoms with Gasteiger partial charge in [-0.25, -0.2) is 14.4 Å². The van der Waals surface area contributed by atoms with E-state index in [1.165, 1.54) is 11.8 Å². The lowest BCUT2D eigenvalue weighted by molar-refractivity contribution is -0.147. The summed E-state index contributed by atoms with van der Waals surface area (Å²) in [4.78, 5) is 52.9. The number of carbonyl (C=O) groups is 3. The number of amides is 2. The molecule has 0 spiro atoms. The van der Waals surface area contributed by atoms with Crippen molar-refractivity contribution >= 4 is 18.0 Å².